The molecule has 2 N–H and O–H groups in total. The summed E-state index contributed by atoms with van der Waals surface area (Å²) in [6.45, 7) is 0.781. The Labute approximate surface area is 192 Å². The van der Waals surface area contributed by atoms with E-state index in [-0.39, 0.29) is 16.9 Å². The second-order valence-electron chi connectivity index (χ2n) is 7.45. The second-order valence-corrected chi connectivity index (χ2v) is 7.45. The van der Waals surface area contributed by atoms with Gasteiger partial charge < -0.3 is 10.4 Å². The summed E-state index contributed by atoms with van der Waals surface area (Å²) in [6, 6.07) is 5.80. The van der Waals surface area contributed by atoms with Crippen molar-refractivity contribution in [2.45, 2.75) is 31.4 Å². The monoisotopic (exact) mass is 503 g/mol. The van der Waals surface area contributed by atoms with Gasteiger partial charge in [-0.1, -0.05) is 18.2 Å². The molecule has 6 nitrogen and oxygen atoms in total. The maximum atomic E-state index is 13.7. The topological polar surface area (TPSA) is 84.2 Å². The van der Waals surface area contributed by atoms with Crippen LogP contribution in [0.1, 0.15) is 22.8 Å². The van der Waals surface area contributed by atoms with E-state index in [9.17, 15) is 45.4 Å². The van der Waals surface area contributed by atoms with Gasteiger partial charge in [-0.05, 0) is 43.3 Å². The molecule has 0 saturated heterocycles. The Morgan fingerprint density at radius 3 is 2.17 bits per heavy atom. The van der Waals surface area contributed by atoms with Crippen LogP contribution in [-0.2, 0) is 6.18 Å². The number of amides is 1. The summed E-state index contributed by atoms with van der Waals surface area (Å²) in [7, 11) is 0. The lowest BCUT2D eigenvalue weighted by Gasteiger charge is -2.24. The highest BCUT2D eigenvalue weighted by Crippen LogP contribution is 2.31. The number of aliphatic hydroxyl groups is 1. The molecule has 0 saturated carbocycles. The van der Waals surface area contributed by atoms with Gasteiger partial charge in [0.1, 0.15) is 11.4 Å². The maximum Gasteiger partial charge on any atom is 0.416 e. The third-order valence-electron chi connectivity index (χ3n) is 4.84. The second kappa shape index (κ2) is 9.49. The number of hydrogen-bond acceptors (Lipinski definition) is 4. The van der Waals surface area contributed by atoms with E-state index in [1.165, 1.54) is 17.4 Å². The fraction of sp³-hybridized carbons (Fsp3) is 0.227. The van der Waals surface area contributed by atoms with Crippen molar-refractivity contribution in [1.82, 2.24) is 15.1 Å². The van der Waals surface area contributed by atoms with Gasteiger partial charge in [0.05, 0.1) is 23.0 Å². The first-order chi connectivity index (χ1) is 16.2. The van der Waals surface area contributed by atoms with E-state index < -0.39 is 52.9 Å². The van der Waals surface area contributed by atoms with Crippen molar-refractivity contribution in [2.24, 2.45) is 0 Å². The van der Waals surface area contributed by atoms with E-state index in [0.717, 1.165) is 37.3 Å². The zero-order valence-electron chi connectivity index (χ0n) is 17.7. The average Bonchev–Trinajstić information content (AvgIpc) is 2.76. The van der Waals surface area contributed by atoms with E-state index in [4.69, 9.17) is 0 Å². The number of benzene rings is 2. The Balaban J connectivity index is 2.17. The fourth-order valence-corrected chi connectivity index (χ4v) is 3.11. The summed E-state index contributed by atoms with van der Waals surface area (Å²) in [6.07, 6.45) is -11.8. The van der Waals surface area contributed by atoms with Crippen LogP contribution in [0.2, 0.25) is 0 Å². The molecule has 3 rings (SSSR count). The van der Waals surface area contributed by atoms with Gasteiger partial charge in [0, 0.05) is 5.56 Å². The molecule has 0 spiro atoms. The Bertz CT molecular complexity index is 1280. The number of halogens is 7. The number of alkyl halides is 6. The van der Waals surface area contributed by atoms with Gasteiger partial charge in [-0.3, -0.25) is 9.59 Å². The number of aromatic nitrogens is 2. The minimum Gasteiger partial charge on any atom is -0.391 e. The lowest BCUT2D eigenvalue weighted by atomic mass is 10.1. The molecule has 13 heteroatoms. The first-order valence-electron chi connectivity index (χ1n) is 9.82. The van der Waals surface area contributed by atoms with Gasteiger partial charge in [0.2, 0.25) is 0 Å². The van der Waals surface area contributed by atoms with Gasteiger partial charge >= 0.3 is 12.4 Å². The number of nitrogens with one attached hydrogen (secondary N) is 1. The SMILES string of the molecule is CC(O)[C@H](NC(=O)c1cc(-c2ccc(C(F)(F)F)cc2)nn(-c2cccc(F)c2)c1=O)C(F)(F)F. The van der Waals surface area contributed by atoms with Crippen molar-refractivity contribution in [3.63, 3.8) is 0 Å². The molecule has 0 aliphatic heterocycles. The first kappa shape index (κ1) is 25.9. The molecule has 3 aromatic rings. The highest BCUT2D eigenvalue weighted by Gasteiger charge is 2.44. The van der Waals surface area contributed by atoms with E-state index >= 15 is 0 Å². The summed E-state index contributed by atoms with van der Waals surface area (Å²) < 4.78 is 92.6. The van der Waals surface area contributed by atoms with Gasteiger partial charge in [-0.15, -0.1) is 0 Å². The van der Waals surface area contributed by atoms with Crippen molar-refractivity contribution in [1.29, 1.82) is 0 Å². The quantitative estimate of drug-likeness (QED) is 0.514. The zero-order chi connectivity index (χ0) is 26.1. The third kappa shape index (κ3) is 5.85. The van der Waals surface area contributed by atoms with Crippen molar-refractivity contribution in [3.8, 4) is 16.9 Å². The summed E-state index contributed by atoms with van der Waals surface area (Å²) in [5.74, 6) is -2.33. The molecule has 0 radical (unpaired) electrons. The number of hydrogen-bond donors (Lipinski definition) is 2. The molecule has 1 aromatic heterocycles. The molecule has 35 heavy (non-hydrogen) atoms. The van der Waals surface area contributed by atoms with Gasteiger partial charge in [-0.2, -0.15) is 36.1 Å². The van der Waals surface area contributed by atoms with Crippen LogP contribution in [-0.4, -0.2) is 39.1 Å². The number of carbonyl (C=O) groups is 1. The number of rotatable bonds is 5. The van der Waals surface area contributed by atoms with E-state index in [1.807, 2.05) is 0 Å². The zero-order valence-corrected chi connectivity index (χ0v) is 17.7. The minimum atomic E-state index is -5.06. The summed E-state index contributed by atoms with van der Waals surface area (Å²) in [4.78, 5) is 25.6. The molecular weight excluding hydrogens is 487 g/mol. The van der Waals surface area contributed by atoms with Crippen molar-refractivity contribution in [2.75, 3.05) is 0 Å². The largest absolute Gasteiger partial charge is 0.416 e. The molecule has 2 aromatic carbocycles. The highest BCUT2D eigenvalue weighted by molar-refractivity contribution is 5.95. The molecule has 0 aliphatic carbocycles. The van der Waals surface area contributed by atoms with E-state index in [1.54, 1.807) is 0 Å². The van der Waals surface area contributed by atoms with E-state index in [2.05, 4.69) is 5.10 Å². The molecule has 1 heterocycles. The first-order valence-corrected chi connectivity index (χ1v) is 9.82. The molecule has 0 aliphatic rings. The van der Waals surface area contributed by atoms with Crippen LogP contribution in [0, 0.1) is 5.82 Å². The Kier molecular flexibility index (Phi) is 7.01. The number of aliphatic hydroxyl groups excluding tert-OH is 1. The van der Waals surface area contributed by atoms with Crippen LogP contribution in [0.15, 0.2) is 59.4 Å². The Morgan fingerprint density at radius 1 is 1.03 bits per heavy atom. The molecule has 2 atom stereocenters. The molecule has 0 fully saturated rings. The predicted octanol–water partition coefficient (Wildman–Crippen LogP) is 4.10. The van der Waals surface area contributed by atoms with Gasteiger partial charge in [0.25, 0.3) is 11.5 Å². The van der Waals surface area contributed by atoms with Crippen molar-refractivity contribution in [3.05, 3.63) is 81.9 Å². The highest BCUT2D eigenvalue weighted by atomic mass is 19.4. The smallest absolute Gasteiger partial charge is 0.391 e. The molecule has 1 unspecified atom stereocenters. The predicted molar refractivity (Wildman–Crippen MR) is 109 cm³/mol. The minimum absolute atomic E-state index is 0.0138. The fourth-order valence-electron chi connectivity index (χ4n) is 3.11. The third-order valence-corrected chi connectivity index (χ3v) is 4.84. The average molecular weight is 503 g/mol. The van der Waals surface area contributed by atoms with Crippen LogP contribution in [0.3, 0.4) is 0 Å². The van der Waals surface area contributed by atoms with E-state index in [0.29, 0.717) is 16.8 Å². The summed E-state index contributed by atoms with van der Waals surface area (Å²) in [5.41, 5.74) is -3.55. The van der Waals surface area contributed by atoms with Crippen LogP contribution in [0.4, 0.5) is 30.7 Å². The standard InChI is InChI=1S/C22H16F7N3O3/c1-11(33)18(22(27,28)29)30-19(34)16-10-17(12-5-7-13(8-6-12)21(24,25)26)31-32(20(16)35)15-4-2-3-14(23)9-15/h2-11,18,33H,1H3,(H,30,34)/t11?,18-/m0/s1. The molecule has 186 valence electrons. The molecule has 0 bridgehead atoms. The lowest BCUT2D eigenvalue weighted by Crippen LogP contribution is -2.52. The lowest BCUT2D eigenvalue weighted by molar-refractivity contribution is -0.172. The Morgan fingerprint density at radius 2 is 1.66 bits per heavy atom. The maximum absolute atomic E-state index is 13.7. The summed E-state index contributed by atoms with van der Waals surface area (Å²) >= 11 is 0. The summed E-state index contributed by atoms with van der Waals surface area (Å²) in [5, 5.41) is 14.9. The van der Waals surface area contributed by atoms with Crippen molar-refractivity contribution < 1.29 is 40.6 Å². The Hall–Kier alpha value is -3.74. The molecule has 1 amide bonds. The van der Waals surface area contributed by atoms with Crippen LogP contribution < -0.4 is 10.9 Å². The van der Waals surface area contributed by atoms with Crippen molar-refractivity contribution >= 4 is 5.91 Å². The van der Waals surface area contributed by atoms with Crippen LogP contribution in [0.5, 0.6) is 0 Å². The number of nitrogens with zero attached hydrogens (tertiary/aromatic N) is 2. The normalized spacial score (nSPS) is 13.9. The van der Waals surface area contributed by atoms with Gasteiger partial charge in [-0.25, -0.2) is 4.39 Å². The number of carbonyl (C=O) groups excluding carboxylic acids is 1. The van der Waals surface area contributed by atoms with Gasteiger partial charge in [0.15, 0.2) is 6.04 Å². The molecular formula is C22H16F7N3O3. The van der Waals surface area contributed by atoms with Crippen LogP contribution in [0.25, 0.3) is 16.9 Å². The van der Waals surface area contributed by atoms with Crippen LogP contribution >= 0.6 is 0 Å².